The van der Waals surface area contributed by atoms with Crippen molar-refractivity contribution in [1.29, 1.82) is 0 Å². The Hall–Kier alpha value is -2.89. The van der Waals surface area contributed by atoms with E-state index >= 15 is 0 Å². The van der Waals surface area contributed by atoms with Crippen LogP contribution in [-0.2, 0) is 10.2 Å². The first-order chi connectivity index (χ1) is 18.0. The van der Waals surface area contributed by atoms with Crippen molar-refractivity contribution < 1.29 is 4.79 Å². The van der Waals surface area contributed by atoms with Gasteiger partial charge in [-0.2, -0.15) is 0 Å². The zero-order valence-corrected chi connectivity index (χ0v) is 22.4. The summed E-state index contributed by atoms with van der Waals surface area (Å²) >= 11 is 0. The number of hydrogen-bond acceptors (Lipinski definition) is 4. The molecule has 1 amide bonds. The Morgan fingerprint density at radius 1 is 1.11 bits per heavy atom. The van der Waals surface area contributed by atoms with Crippen LogP contribution in [0.3, 0.4) is 0 Å². The second-order valence-electron chi connectivity index (χ2n) is 12.0. The maximum atomic E-state index is 13.9. The number of amides is 1. The summed E-state index contributed by atoms with van der Waals surface area (Å²) in [5, 5.41) is 4.13. The highest BCUT2D eigenvalue weighted by Gasteiger charge is 2.77. The molecule has 6 heterocycles. The Morgan fingerprint density at radius 3 is 2.76 bits per heavy atom. The average Bonchev–Trinajstić information content (AvgIpc) is 3.34. The lowest BCUT2D eigenvalue weighted by atomic mass is 9.46. The molecule has 5 heteroatoms. The molecule has 1 aliphatic carbocycles. The van der Waals surface area contributed by atoms with Crippen molar-refractivity contribution in [3.8, 4) is 0 Å². The first kappa shape index (κ1) is 23.2. The van der Waals surface area contributed by atoms with Crippen LogP contribution in [0, 0.1) is 11.3 Å². The molecule has 2 spiro atoms. The molecule has 8 unspecified atom stereocenters. The minimum Gasteiger partial charge on any atom is -0.358 e. The van der Waals surface area contributed by atoms with Gasteiger partial charge >= 0.3 is 0 Å². The fourth-order valence-electron chi connectivity index (χ4n) is 9.24. The van der Waals surface area contributed by atoms with Crippen LogP contribution >= 0.6 is 0 Å². The minimum atomic E-state index is -0.0724. The second-order valence-corrected chi connectivity index (χ2v) is 12.0. The lowest BCUT2D eigenvalue weighted by Gasteiger charge is -2.66. The summed E-state index contributed by atoms with van der Waals surface area (Å²) in [6.45, 7) is 8.20. The van der Waals surface area contributed by atoms with Crippen molar-refractivity contribution >= 4 is 11.6 Å². The summed E-state index contributed by atoms with van der Waals surface area (Å²) in [6.07, 6.45) is 21.7. The van der Waals surface area contributed by atoms with Gasteiger partial charge in [-0.15, -0.1) is 0 Å². The fraction of sp³-hybridized carbons (Fsp3) is 0.469. The molecule has 0 saturated carbocycles. The van der Waals surface area contributed by atoms with E-state index in [0.717, 1.165) is 25.9 Å². The Kier molecular flexibility index (Phi) is 5.06. The molecular weight excluding hydrogens is 456 g/mol. The number of likely N-dealkylation sites (N-methyl/N-ethyl adjacent to an activating group) is 1. The van der Waals surface area contributed by atoms with Gasteiger partial charge in [0, 0.05) is 54.7 Å². The van der Waals surface area contributed by atoms with Crippen LogP contribution in [0.2, 0.25) is 0 Å². The van der Waals surface area contributed by atoms with Gasteiger partial charge in [-0.1, -0.05) is 66.3 Å². The summed E-state index contributed by atoms with van der Waals surface area (Å²) in [6, 6.07) is 7.37. The predicted molar refractivity (Wildman–Crippen MR) is 149 cm³/mol. The molecule has 1 N–H and O–H groups in total. The van der Waals surface area contributed by atoms with Crippen LogP contribution in [-0.4, -0.2) is 54.2 Å². The Labute approximate surface area is 220 Å². The largest absolute Gasteiger partial charge is 0.358 e. The van der Waals surface area contributed by atoms with E-state index in [2.05, 4.69) is 89.5 Å². The highest BCUT2D eigenvalue weighted by Crippen LogP contribution is 2.72. The molecule has 1 aromatic rings. The maximum absolute atomic E-state index is 13.9. The van der Waals surface area contributed by atoms with Gasteiger partial charge in [-0.25, -0.2) is 0 Å². The molecule has 2 bridgehead atoms. The van der Waals surface area contributed by atoms with Crippen LogP contribution in [0.15, 0.2) is 78.5 Å². The van der Waals surface area contributed by atoms with Crippen LogP contribution in [0.25, 0.3) is 0 Å². The van der Waals surface area contributed by atoms with Crippen LogP contribution in [0.1, 0.15) is 50.8 Å². The van der Waals surface area contributed by atoms with Crippen molar-refractivity contribution in [2.75, 3.05) is 25.0 Å². The number of hydrogen-bond donors (Lipinski definition) is 1. The van der Waals surface area contributed by atoms with E-state index in [1.54, 1.807) is 11.6 Å². The number of carbonyl (C=O) groups is 1. The number of anilines is 1. The van der Waals surface area contributed by atoms with Gasteiger partial charge in [0.1, 0.15) is 0 Å². The highest BCUT2D eigenvalue weighted by molar-refractivity contribution is 5.89. The van der Waals surface area contributed by atoms with Crippen molar-refractivity contribution in [3.05, 3.63) is 89.6 Å². The third kappa shape index (κ3) is 2.74. The fourth-order valence-corrected chi connectivity index (χ4v) is 9.24. The molecule has 192 valence electrons. The molecular formula is C32H38N4O. The van der Waals surface area contributed by atoms with Gasteiger partial charge in [0.25, 0.3) is 0 Å². The molecule has 3 saturated heterocycles. The highest BCUT2D eigenvalue weighted by atomic mass is 16.2. The van der Waals surface area contributed by atoms with E-state index < -0.39 is 0 Å². The Morgan fingerprint density at radius 2 is 1.95 bits per heavy atom. The van der Waals surface area contributed by atoms with Gasteiger partial charge in [-0.05, 0) is 50.8 Å². The molecule has 0 aromatic heterocycles. The van der Waals surface area contributed by atoms with Gasteiger partial charge in [0.2, 0.25) is 5.91 Å². The number of allylic oxidation sites excluding steroid dienone is 6. The van der Waals surface area contributed by atoms with E-state index in [4.69, 9.17) is 0 Å². The van der Waals surface area contributed by atoms with E-state index in [1.807, 2.05) is 25.2 Å². The lowest BCUT2D eigenvalue weighted by molar-refractivity contribution is -0.156. The topological polar surface area (TPSA) is 38.8 Å². The molecule has 7 aliphatic rings. The summed E-state index contributed by atoms with van der Waals surface area (Å²) in [7, 11) is 2.28. The van der Waals surface area contributed by atoms with Gasteiger partial charge in [0.05, 0.1) is 18.4 Å². The van der Waals surface area contributed by atoms with Crippen LogP contribution in [0.4, 0.5) is 5.69 Å². The minimum absolute atomic E-state index is 0.0459. The number of rotatable bonds is 3. The van der Waals surface area contributed by atoms with Crippen molar-refractivity contribution in [3.63, 3.8) is 0 Å². The zero-order valence-electron chi connectivity index (χ0n) is 22.4. The first-order valence-electron chi connectivity index (χ1n) is 13.9. The van der Waals surface area contributed by atoms with E-state index in [1.165, 1.54) is 16.8 Å². The molecule has 5 nitrogen and oxygen atoms in total. The predicted octanol–water partition coefficient (Wildman–Crippen LogP) is 4.82. The molecule has 8 atom stereocenters. The number of benzene rings is 1. The number of likely N-dealkylation sites (tertiary alicyclic amines) is 1. The molecule has 1 aromatic carbocycles. The number of fused-ring (bicyclic) bond motifs is 2. The van der Waals surface area contributed by atoms with E-state index in [-0.39, 0.29) is 41.2 Å². The second kappa shape index (κ2) is 8.05. The maximum Gasteiger partial charge on any atom is 0.247 e. The average molecular weight is 495 g/mol. The molecule has 0 radical (unpaired) electrons. The summed E-state index contributed by atoms with van der Waals surface area (Å²) in [5.41, 5.74) is 5.54. The Balaban J connectivity index is 1.53. The normalized spacial score (nSPS) is 40.2. The summed E-state index contributed by atoms with van der Waals surface area (Å²) in [5.74, 6) is 0.467. The van der Waals surface area contributed by atoms with Gasteiger partial charge in [0.15, 0.2) is 0 Å². The smallest absolute Gasteiger partial charge is 0.247 e. The van der Waals surface area contributed by atoms with Crippen molar-refractivity contribution in [2.24, 2.45) is 11.3 Å². The number of nitrogens with one attached hydrogen (secondary N) is 1. The standard InChI is InChI=1S/C32H38N4O/c1-5-6-7-15-27(37)36-19-16-31-23-12-8-9-13-24(23)33-29-32(31)17-18-35(30(31)36)26(20-21(2)3)22-11-10-14-25(28(22)32)34(29)4/h5-15,20,23-24,26,29-30,33H,16-19H2,1-4H3. The van der Waals surface area contributed by atoms with Gasteiger partial charge in [-0.3, -0.25) is 15.0 Å². The van der Waals surface area contributed by atoms with E-state index in [9.17, 15) is 4.79 Å². The summed E-state index contributed by atoms with van der Waals surface area (Å²) < 4.78 is 0. The third-order valence-electron chi connectivity index (χ3n) is 10.3. The van der Waals surface area contributed by atoms with Crippen LogP contribution < -0.4 is 10.2 Å². The SMILES string of the molecule is CC=CC=CC(=O)N1CCC23C4C=CC=CC4NC4N(C)c5cccc6c5C42CCN(C6C=C(C)C)C13. The number of carbonyl (C=O) groups excluding carboxylic acids is 1. The van der Waals surface area contributed by atoms with Crippen LogP contribution in [0.5, 0.6) is 0 Å². The quantitative estimate of drug-likeness (QED) is 0.372. The Bertz CT molecular complexity index is 1300. The molecule has 3 fully saturated rings. The lowest BCUT2D eigenvalue weighted by Crippen LogP contribution is -2.77. The third-order valence-corrected chi connectivity index (χ3v) is 10.3. The number of nitrogens with zero attached hydrogens (tertiary/aromatic N) is 3. The van der Waals surface area contributed by atoms with Crippen molar-refractivity contribution in [1.82, 2.24) is 15.1 Å². The molecule has 8 rings (SSSR count). The zero-order chi connectivity index (χ0) is 25.5. The van der Waals surface area contributed by atoms with Gasteiger partial charge < -0.3 is 9.80 Å². The number of piperidine rings is 2. The summed E-state index contributed by atoms with van der Waals surface area (Å²) in [4.78, 5) is 21.3. The molecule has 37 heavy (non-hydrogen) atoms. The monoisotopic (exact) mass is 494 g/mol. The van der Waals surface area contributed by atoms with E-state index in [0.29, 0.717) is 5.92 Å². The molecule has 6 aliphatic heterocycles. The van der Waals surface area contributed by atoms with Crippen molar-refractivity contribution in [2.45, 2.75) is 63.4 Å². The first-order valence-corrected chi connectivity index (χ1v) is 13.9.